The summed E-state index contributed by atoms with van der Waals surface area (Å²) in [5, 5.41) is 0.675. The zero-order chi connectivity index (χ0) is 12.9. The molecule has 0 N–H and O–H groups in total. The Kier molecular flexibility index (Phi) is 2.73. The van der Waals surface area contributed by atoms with Crippen molar-refractivity contribution in [3.8, 4) is 0 Å². The van der Waals surface area contributed by atoms with Crippen molar-refractivity contribution in [2.24, 2.45) is 0 Å². The molecule has 1 saturated heterocycles. The Hall–Kier alpha value is -1.24. The van der Waals surface area contributed by atoms with E-state index >= 15 is 0 Å². The monoisotopic (exact) mass is 301 g/mol. The first-order valence-electron chi connectivity index (χ1n) is 5.04. The molecule has 0 saturated carbocycles. The number of Topliss-reactive ketones (excluding diaryl/α,β-unsaturated/α-hetero) is 1. The molecule has 2 heterocycles. The van der Waals surface area contributed by atoms with Crippen molar-refractivity contribution in [2.45, 2.75) is 6.42 Å². The predicted octanol–water partition coefficient (Wildman–Crippen LogP) is 2.30. The minimum absolute atomic E-state index is 0.191. The molecular formula is C10H5Cl2N3O2S. The molecule has 0 bridgehead atoms. The first-order chi connectivity index (χ1) is 8.59. The SMILES string of the molecule is O=C1CCN(c2c(Cl)cc(Cl)c3nsnc23)C1=O. The van der Waals surface area contributed by atoms with Crippen LogP contribution < -0.4 is 4.90 Å². The summed E-state index contributed by atoms with van der Waals surface area (Å²) in [5.74, 6) is -0.981. The van der Waals surface area contributed by atoms with Crippen LogP contribution in [0.2, 0.25) is 10.0 Å². The standard InChI is InChI=1S/C10H5Cl2N3O2S/c11-4-3-5(12)9(8-7(4)13-18-14-8)15-2-1-6(16)10(15)17/h3H,1-2H2. The van der Waals surface area contributed by atoms with Gasteiger partial charge in [-0.25, -0.2) is 0 Å². The number of nitrogens with zero attached hydrogens (tertiary/aromatic N) is 3. The molecule has 1 amide bonds. The van der Waals surface area contributed by atoms with E-state index in [2.05, 4.69) is 8.75 Å². The number of anilines is 1. The van der Waals surface area contributed by atoms with Gasteiger partial charge in [0.05, 0.1) is 27.5 Å². The van der Waals surface area contributed by atoms with Crippen LogP contribution in [0.1, 0.15) is 6.42 Å². The third-order valence-electron chi connectivity index (χ3n) is 2.73. The highest BCUT2D eigenvalue weighted by Crippen LogP contribution is 2.38. The predicted molar refractivity (Wildman–Crippen MR) is 69.4 cm³/mol. The van der Waals surface area contributed by atoms with Crippen molar-refractivity contribution in [3.63, 3.8) is 0 Å². The Morgan fingerprint density at radius 2 is 1.89 bits per heavy atom. The van der Waals surface area contributed by atoms with E-state index in [0.29, 0.717) is 33.3 Å². The largest absolute Gasteiger partial charge is 0.302 e. The highest BCUT2D eigenvalue weighted by atomic mass is 35.5. The minimum Gasteiger partial charge on any atom is -0.302 e. The maximum atomic E-state index is 11.7. The zero-order valence-electron chi connectivity index (χ0n) is 8.81. The molecule has 1 aromatic heterocycles. The van der Waals surface area contributed by atoms with Gasteiger partial charge in [0.15, 0.2) is 0 Å². The summed E-state index contributed by atoms with van der Waals surface area (Å²) in [5.41, 5.74) is 1.37. The highest BCUT2D eigenvalue weighted by Gasteiger charge is 2.33. The average molecular weight is 302 g/mol. The molecule has 92 valence electrons. The Bertz CT molecular complexity index is 685. The number of fused-ring (bicyclic) bond motifs is 1. The molecule has 0 radical (unpaired) electrons. The molecule has 0 atom stereocenters. The van der Waals surface area contributed by atoms with E-state index in [9.17, 15) is 9.59 Å². The van der Waals surface area contributed by atoms with E-state index in [0.717, 1.165) is 11.7 Å². The average Bonchev–Trinajstić information content (AvgIpc) is 2.91. The molecule has 2 aromatic rings. The Morgan fingerprint density at radius 3 is 2.56 bits per heavy atom. The lowest BCUT2D eigenvalue weighted by Crippen LogP contribution is -2.27. The second kappa shape index (κ2) is 4.15. The minimum atomic E-state index is -0.562. The number of carbonyl (C=O) groups is 2. The molecule has 1 aromatic carbocycles. The summed E-state index contributed by atoms with van der Waals surface area (Å²) in [6.07, 6.45) is 0.191. The molecule has 5 nitrogen and oxygen atoms in total. The maximum absolute atomic E-state index is 11.7. The van der Waals surface area contributed by atoms with Crippen LogP contribution in [-0.4, -0.2) is 27.0 Å². The molecule has 0 aliphatic carbocycles. The van der Waals surface area contributed by atoms with Crippen LogP contribution in [0.5, 0.6) is 0 Å². The van der Waals surface area contributed by atoms with E-state index in [4.69, 9.17) is 23.2 Å². The highest BCUT2D eigenvalue weighted by molar-refractivity contribution is 7.00. The number of halogens is 2. The van der Waals surface area contributed by atoms with E-state index in [-0.39, 0.29) is 6.42 Å². The first kappa shape index (κ1) is 11.8. The molecule has 1 aliphatic heterocycles. The van der Waals surface area contributed by atoms with Crippen LogP contribution in [0.3, 0.4) is 0 Å². The zero-order valence-corrected chi connectivity index (χ0v) is 11.1. The third-order valence-corrected chi connectivity index (χ3v) is 3.84. The number of carbonyl (C=O) groups excluding carboxylic acids is 2. The van der Waals surface area contributed by atoms with Gasteiger partial charge in [0.1, 0.15) is 11.0 Å². The number of hydrogen-bond donors (Lipinski definition) is 0. The molecular weight excluding hydrogens is 297 g/mol. The topological polar surface area (TPSA) is 63.2 Å². The second-order valence-corrected chi connectivity index (χ2v) is 5.12. The quantitative estimate of drug-likeness (QED) is 0.758. The number of amides is 1. The number of aromatic nitrogens is 2. The van der Waals surface area contributed by atoms with Crippen molar-refractivity contribution in [1.82, 2.24) is 8.75 Å². The van der Waals surface area contributed by atoms with E-state index < -0.39 is 11.7 Å². The number of hydrogen-bond acceptors (Lipinski definition) is 5. The van der Waals surface area contributed by atoms with Crippen LogP contribution in [0, 0.1) is 0 Å². The van der Waals surface area contributed by atoms with Crippen molar-refractivity contribution in [2.75, 3.05) is 11.4 Å². The van der Waals surface area contributed by atoms with E-state index in [1.54, 1.807) is 0 Å². The summed E-state index contributed by atoms with van der Waals surface area (Å²) in [6, 6.07) is 1.51. The second-order valence-electron chi connectivity index (χ2n) is 3.78. The fourth-order valence-corrected chi connectivity index (χ4v) is 3.11. The van der Waals surface area contributed by atoms with Gasteiger partial charge in [-0.1, -0.05) is 23.2 Å². The molecule has 18 heavy (non-hydrogen) atoms. The van der Waals surface area contributed by atoms with Gasteiger partial charge >= 0.3 is 0 Å². The third kappa shape index (κ3) is 1.60. The lowest BCUT2D eigenvalue weighted by molar-refractivity contribution is -0.133. The van der Waals surface area contributed by atoms with Crippen LogP contribution in [0.4, 0.5) is 5.69 Å². The van der Waals surface area contributed by atoms with Crippen molar-refractivity contribution in [1.29, 1.82) is 0 Å². The molecule has 0 unspecified atom stereocenters. The van der Waals surface area contributed by atoms with Gasteiger partial charge in [0.25, 0.3) is 5.91 Å². The van der Waals surface area contributed by atoms with Crippen molar-refractivity contribution < 1.29 is 9.59 Å². The molecule has 3 rings (SSSR count). The summed E-state index contributed by atoms with van der Waals surface area (Å²) in [7, 11) is 0. The Labute approximate surface area is 116 Å². The number of rotatable bonds is 1. The van der Waals surface area contributed by atoms with Crippen LogP contribution in [-0.2, 0) is 9.59 Å². The molecule has 1 aliphatic rings. The van der Waals surface area contributed by atoms with Gasteiger partial charge in [-0.2, -0.15) is 8.75 Å². The number of ketones is 1. The summed E-state index contributed by atoms with van der Waals surface area (Å²) in [4.78, 5) is 24.4. The van der Waals surface area contributed by atoms with Gasteiger partial charge in [-0.3, -0.25) is 9.59 Å². The maximum Gasteiger partial charge on any atom is 0.294 e. The summed E-state index contributed by atoms with van der Waals surface area (Å²) in [6.45, 7) is 0.311. The smallest absolute Gasteiger partial charge is 0.294 e. The fourth-order valence-electron chi connectivity index (χ4n) is 1.90. The lowest BCUT2D eigenvalue weighted by atomic mass is 10.2. The number of benzene rings is 1. The first-order valence-corrected chi connectivity index (χ1v) is 6.53. The molecule has 0 spiro atoms. The van der Waals surface area contributed by atoms with Gasteiger partial charge in [-0.15, -0.1) is 0 Å². The Balaban J connectivity index is 2.26. The summed E-state index contributed by atoms with van der Waals surface area (Å²) >= 11 is 13.1. The van der Waals surface area contributed by atoms with Crippen LogP contribution in [0.15, 0.2) is 6.07 Å². The normalized spacial score (nSPS) is 16.0. The van der Waals surface area contributed by atoms with E-state index in [1.807, 2.05) is 0 Å². The van der Waals surface area contributed by atoms with Crippen molar-refractivity contribution >= 4 is 63.3 Å². The molecule has 1 fully saturated rings. The van der Waals surface area contributed by atoms with Gasteiger partial charge in [0, 0.05) is 13.0 Å². The van der Waals surface area contributed by atoms with Crippen LogP contribution in [0.25, 0.3) is 11.0 Å². The van der Waals surface area contributed by atoms with Crippen LogP contribution >= 0.6 is 34.9 Å². The summed E-state index contributed by atoms with van der Waals surface area (Å²) < 4.78 is 8.15. The van der Waals surface area contributed by atoms with Gasteiger partial charge < -0.3 is 4.90 Å². The van der Waals surface area contributed by atoms with Gasteiger partial charge in [0.2, 0.25) is 5.78 Å². The lowest BCUT2D eigenvalue weighted by Gasteiger charge is -2.16. The van der Waals surface area contributed by atoms with E-state index in [1.165, 1.54) is 11.0 Å². The molecule has 8 heteroatoms. The Morgan fingerprint density at radius 1 is 1.17 bits per heavy atom. The van der Waals surface area contributed by atoms with Gasteiger partial charge in [-0.05, 0) is 6.07 Å². The fraction of sp³-hybridized carbons (Fsp3) is 0.200. The van der Waals surface area contributed by atoms with Crippen molar-refractivity contribution in [3.05, 3.63) is 16.1 Å².